The molecule has 4 atom stereocenters. The second kappa shape index (κ2) is 5.27. The molecule has 0 radical (unpaired) electrons. The Morgan fingerprint density at radius 1 is 1.29 bits per heavy atom. The van der Waals surface area contributed by atoms with Gasteiger partial charge in [0.2, 0.25) is 0 Å². The van der Waals surface area contributed by atoms with Crippen molar-refractivity contribution in [3.63, 3.8) is 0 Å². The van der Waals surface area contributed by atoms with Crippen molar-refractivity contribution in [2.75, 3.05) is 0 Å². The summed E-state index contributed by atoms with van der Waals surface area (Å²) < 4.78 is 0. The van der Waals surface area contributed by atoms with E-state index in [1.54, 1.807) is 0 Å². The number of rotatable bonds is 6. The van der Waals surface area contributed by atoms with Crippen molar-refractivity contribution in [2.45, 2.75) is 83.4 Å². The van der Waals surface area contributed by atoms with Gasteiger partial charge < -0.3 is 10.4 Å². The average molecular weight is 239 g/mol. The summed E-state index contributed by atoms with van der Waals surface area (Å²) in [6.07, 6.45) is 9.06. The highest BCUT2D eigenvalue weighted by Crippen LogP contribution is 2.44. The van der Waals surface area contributed by atoms with Crippen LogP contribution in [0.5, 0.6) is 0 Å². The molecular weight excluding hydrogens is 210 g/mol. The first-order valence-electron chi connectivity index (χ1n) is 7.42. The Morgan fingerprint density at radius 2 is 2.06 bits per heavy atom. The van der Waals surface area contributed by atoms with Gasteiger partial charge in [0.15, 0.2) is 0 Å². The predicted molar refractivity (Wildman–Crippen MR) is 72.0 cm³/mol. The molecule has 0 aromatic rings. The second-order valence-corrected chi connectivity index (χ2v) is 7.05. The lowest BCUT2D eigenvalue weighted by atomic mass is 9.94. The van der Waals surface area contributed by atoms with Crippen LogP contribution in [0, 0.1) is 11.8 Å². The largest absolute Gasteiger partial charge is 0.390 e. The molecule has 100 valence electrons. The van der Waals surface area contributed by atoms with E-state index in [-0.39, 0.29) is 0 Å². The molecule has 2 bridgehead atoms. The first kappa shape index (κ1) is 13.4. The summed E-state index contributed by atoms with van der Waals surface area (Å²) in [5.74, 6) is 2.00. The van der Waals surface area contributed by atoms with Gasteiger partial charge in [-0.3, -0.25) is 0 Å². The Hall–Kier alpha value is -0.0800. The lowest BCUT2D eigenvalue weighted by Gasteiger charge is -2.27. The molecule has 0 saturated heterocycles. The normalized spacial score (nSPS) is 34.2. The predicted octanol–water partition coefficient (Wildman–Crippen LogP) is 3.09. The minimum Gasteiger partial charge on any atom is -0.390 e. The molecule has 2 heteroatoms. The smallest absolute Gasteiger partial charge is 0.0591 e. The zero-order valence-corrected chi connectivity index (χ0v) is 11.7. The van der Waals surface area contributed by atoms with Crippen molar-refractivity contribution >= 4 is 0 Å². The second-order valence-electron chi connectivity index (χ2n) is 7.05. The molecule has 0 amide bonds. The standard InChI is InChI=1S/C15H29NO/c1-11(5-4-8-15(2,3)17)16-14-10-12-6-7-13(14)9-12/h11-14,16-17H,4-10H2,1-3H3/t11-,12-,13-,14-/m0/s1. The van der Waals surface area contributed by atoms with E-state index in [0.717, 1.165) is 30.7 Å². The molecule has 2 aliphatic rings. The van der Waals surface area contributed by atoms with Crippen LogP contribution < -0.4 is 5.32 Å². The van der Waals surface area contributed by atoms with Gasteiger partial charge in [-0.2, -0.15) is 0 Å². The van der Waals surface area contributed by atoms with Gasteiger partial charge in [0.25, 0.3) is 0 Å². The molecule has 2 fully saturated rings. The van der Waals surface area contributed by atoms with Crippen LogP contribution in [0.2, 0.25) is 0 Å². The van der Waals surface area contributed by atoms with Crippen LogP contribution in [0.1, 0.15) is 65.7 Å². The fourth-order valence-corrected chi connectivity index (χ4v) is 3.74. The summed E-state index contributed by atoms with van der Waals surface area (Å²) >= 11 is 0. The number of hydrogen-bond acceptors (Lipinski definition) is 2. The van der Waals surface area contributed by atoms with Crippen molar-refractivity contribution in [1.29, 1.82) is 0 Å². The highest BCUT2D eigenvalue weighted by molar-refractivity contribution is 4.94. The van der Waals surface area contributed by atoms with Gasteiger partial charge in [0, 0.05) is 12.1 Å². The van der Waals surface area contributed by atoms with Gasteiger partial charge in [-0.1, -0.05) is 6.42 Å². The summed E-state index contributed by atoms with van der Waals surface area (Å²) in [7, 11) is 0. The molecule has 2 N–H and O–H groups in total. The summed E-state index contributed by atoms with van der Waals surface area (Å²) in [6, 6.07) is 1.41. The molecule has 0 heterocycles. The topological polar surface area (TPSA) is 32.3 Å². The fraction of sp³-hybridized carbons (Fsp3) is 1.00. The van der Waals surface area contributed by atoms with Crippen molar-refractivity contribution in [3.05, 3.63) is 0 Å². The Labute approximate surface area is 106 Å². The van der Waals surface area contributed by atoms with Gasteiger partial charge in [0.1, 0.15) is 0 Å². The first-order chi connectivity index (χ1) is 7.94. The molecule has 2 nitrogen and oxygen atoms in total. The molecule has 2 saturated carbocycles. The molecule has 17 heavy (non-hydrogen) atoms. The maximum absolute atomic E-state index is 9.68. The molecular formula is C15H29NO. The number of hydrogen-bond donors (Lipinski definition) is 2. The Balaban J connectivity index is 1.63. The molecule has 2 rings (SSSR count). The summed E-state index contributed by atoms with van der Waals surface area (Å²) in [5, 5.41) is 13.5. The Kier molecular flexibility index (Phi) is 4.14. The lowest BCUT2D eigenvalue weighted by molar-refractivity contribution is 0.0673. The van der Waals surface area contributed by atoms with E-state index in [0.29, 0.717) is 6.04 Å². The van der Waals surface area contributed by atoms with E-state index in [1.807, 2.05) is 13.8 Å². The SMILES string of the molecule is C[C@@H](CCCC(C)(C)O)N[C@H]1C[C@H]2CC[C@H]1C2. The van der Waals surface area contributed by atoms with Crippen molar-refractivity contribution in [3.8, 4) is 0 Å². The molecule has 2 aliphatic carbocycles. The minimum absolute atomic E-state index is 0.494. The molecule has 0 aliphatic heterocycles. The van der Waals surface area contributed by atoms with E-state index < -0.39 is 5.60 Å². The summed E-state index contributed by atoms with van der Waals surface area (Å²) in [5.41, 5.74) is -0.494. The number of aliphatic hydroxyl groups is 1. The monoisotopic (exact) mass is 239 g/mol. The third kappa shape index (κ3) is 3.96. The maximum Gasteiger partial charge on any atom is 0.0591 e. The van der Waals surface area contributed by atoms with Crippen LogP contribution in [-0.2, 0) is 0 Å². The van der Waals surface area contributed by atoms with Gasteiger partial charge in [-0.05, 0) is 71.1 Å². The van der Waals surface area contributed by atoms with E-state index in [4.69, 9.17) is 0 Å². The van der Waals surface area contributed by atoms with Crippen molar-refractivity contribution in [1.82, 2.24) is 5.32 Å². The van der Waals surface area contributed by atoms with Crippen molar-refractivity contribution < 1.29 is 5.11 Å². The Bertz CT molecular complexity index is 246. The zero-order chi connectivity index (χ0) is 12.5. The molecule has 0 aromatic carbocycles. The van der Waals surface area contributed by atoms with Crippen molar-refractivity contribution in [2.24, 2.45) is 11.8 Å². The molecule has 0 aromatic heterocycles. The van der Waals surface area contributed by atoms with Crippen LogP contribution in [0.25, 0.3) is 0 Å². The molecule has 0 unspecified atom stereocenters. The minimum atomic E-state index is -0.494. The Morgan fingerprint density at radius 3 is 2.59 bits per heavy atom. The van der Waals surface area contributed by atoms with Crippen LogP contribution in [0.15, 0.2) is 0 Å². The fourth-order valence-electron chi connectivity index (χ4n) is 3.74. The van der Waals surface area contributed by atoms with Crippen LogP contribution in [0.4, 0.5) is 0 Å². The van der Waals surface area contributed by atoms with Crippen LogP contribution in [0.3, 0.4) is 0 Å². The summed E-state index contributed by atoms with van der Waals surface area (Å²) in [6.45, 7) is 6.11. The van der Waals surface area contributed by atoms with E-state index in [2.05, 4.69) is 12.2 Å². The van der Waals surface area contributed by atoms with Gasteiger partial charge in [0.05, 0.1) is 5.60 Å². The van der Waals surface area contributed by atoms with E-state index >= 15 is 0 Å². The van der Waals surface area contributed by atoms with E-state index in [1.165, 1.54) is 32.1 Å². The van der Waals surface area contributed by atoms with Crippen LogP contribution in [-0.4, -0.2) is 22.8 Å². The van der Waals surface area contributed by atoms with E-state index in [9.17, 15) is 5.11 Å². The van der Waals surface area contributed by atoms with Gasteiger partial charge >= 0.3 is 0 Å². The lowest BCUT2D eigenvalue weighted by Crippen LogP contribution is -2.40. The highest BCUT2D eigenvalue weighted by atomic mass is 16.3. The average Bonchev–Trinajstić information content (AvgIpc) is 2.76. The molecule has 0 spiro atoms. The highest BCUT2D eigenvalue weighted by Gasteiger charge is 2.39. The first-order valence-corrected chi connectivity index (χ1v) is 7.42. The third-order valence-electron chi connectivity index (χ3n) is 4.66. The maximum atomic E-state index is 9.68. The third-order valence-corrected chi connectivity index (χ3v) is 4.66. The quantitative estimate of drug-likeness (QED) is 0.746. The summed E-state index contributed by atoms with van der Waals surface area (Å²) in [4.78, 5) is 0. The zero-order valence-electron chi connectivity index (χ0n) is 11.7. The van der Waals surface area contributed by atoms with Gasteiger partial charge in [-0.15, -0.1) is 0 Å². The number of nitrogens with one attached hydrogen (secondary N) is 1. The van der Waals surface area contributed by atoms with Crippen LogP contribution >= 0.6 is 0 Å². The van der Waals surface area contributed by atoms with Gasteiger partial charge in [-0.25, -0.2) is 0 Å². The number of fused-ring (bicyclic) bond motifs is 2.